The van der Waals surface area contributed by atoms with Crippen LogP contribution in [0.3, 0.4) is 0 Å². The van der Waals surface area contributed by atoms with Crippen LogP contribution in [0.15, 0.2) is 11.6 Å². The second-order valence-electron chi connectivity index (χ2n) is 14.1. The van der Waals surface area contributed by atoms with Crippen LogP contribution in [0.2, 0.25) is 0 Å². The van der Waals surface area contributed by atoms with Crippen LogP contribution < -0.4 is 0 Å². The molecule has 2 nitrogen and oxygen atoms in total. The number of ether oxygens (including phenoxy) is 1. The van der Waals surface area contributed by atoms with Crippen molar-refractivity contribution in [2.75, 3.05) is 0 Å². The fourth-order valence-corrected chi connectivity index (χ4v) is 9.73. The normalized spacial score (nSPS) is 42.7. The molecule has 3 saturated carbocycles. The Morgan fingerprint density at radius 3 is 2.30 bits per heavy atom. The van der Waals surface area contributed by atoms with Crippen LogP contribution in [0.25, 0.3) is 0 Å². The smallest absolute Gasteiger partial charge is 0.302 e. The number of allylic oxidation sites excluding steroid dienone is 2. The molecule has 0 saturated heterocycles. The van der Waals surface area contributed by atoms with Gasteiger partial charge in [0.05, 0.1) is 0 Å². The zero-order chi connectivity index (χ0) is 24.2. The summed E-state index contributed by atoms with van der Waals surface area (Å²) in [7, 11) is 0. The van der Waals surface area contributed by atoms with Crippen molar-refractivity contribution in [2.24, 2.45) is 51.8 Å². The average Bonchev–Trinajstić information content (AvgIpc) is 3.07. The molecule has 0 aromatic rings. The second kappa shape index (κ2) is 9.02. The van der Waals surface area contributed by atoms with E-state index in [0.29, 0.717) is 16.7 Å². The molecule has 2 heteroatoms. The molecule has 4 rings (SSSR count). The number of hydrogen-bond acceptors (Lipinski definition) is 2. The van der Waals surface area contributed by atoms with Crippen molar-refractivity contribution in [3.05, 3.63) is 11.6 Å². The molecular formula is C31H52O2. The zero-order valence-corrected chi connectivity index (χ0v) is 23.0. The van der Waals surface area contributed by atoms with Gasteiger partial charge in [0.25, 0.3) is 0 Å². The lowest BCUT2D eigenvalue weighted by molar-refractivity contribution is -0.173. The first-order valence-electron chi connectivity index (χ1n) is 14.3. The second-order valence-corrected chi connectivity index (χ2v) is 14.1. The molecule has 0 aromatic heterocycles. The number of fused-ring (bicyclic) bond motifs is 5. The summed E-state index contributed by atoms with van der Waals surface area (Å²) in [5.41, 5.74) is 2.76. The summed E-state index contributed by atoms with van der Waals surface area (Å²) in [5, 5.41) is 0. The van der Waals surface area contributed by atoms with Gasteiger partial charge in [-0.15, -0.1) is 0 Å². The standard InChI is InChI=1S/C31H52O2/c1-20(2)10-9-11-21(3)24-13-14-25-23-12-15-27-29(5,6)28(33-22(4)32)17-19-31(27,8)26(23)16-18-30(24,25)7/h12,20-21,24-28H,9-11,13-19H2,1-8H3. The van der Waals surface area contributed by atoms with Crippen LogP contribution in [-0.4, -0.2) is 12.1 Å². The molecule has 8 unspecified atom stereocenters. The maximum atomic E-state index is 11.8. The van der Waals surface area contributed by atoms with E-state index in [1.54, 1.807) is 6.92 Å². The van der Waals surface area contributed by atoms with Gasteiger partial charge in [-0.3, -0.25) is 4.79 Å². The fraction of sp³-hybridized carbons (Fsp3) is 0.903. The molecule has 0 aromatic carbocycles. The summed E-state index contributed by atoms with van der Waals surface area (Å²) < 4.78 is 5.85. The van der Waals surface area contributed by atoms with Crippen molar-refractivity contribution in [2.45, 2.75) is 126 Å². The maximum absolute atomic E-state index is 11.8. The van der Waals surface area contributed by atoms with Gasteiger partial charge in [0.1, 0.15) is 6.10 Å². The molecule has 3 fully saturated rings. The number of carbonyl (C=O) groups excluding carboxylic acids is 1. The molecule has 0 N–H and O–H groups in total. The van der Waals surface area contributed by atoms with E-state index in [4.69, 9.17) is 4.74 Å². The van der Waals surface area contributed by atoms with Crippen molar-refractivity contribution in [1.29, 1.82) is 0 Å². The van der Waals surface area contributed by atoms with Gasteiger partial charge in [-0.05, 0) is 91.3 Å². The number of carbonyl (C=O) groups is 1. The summed E-state index contributed by atoms with van der Waals surface area (Å²) >= 11 is 0. The number of hydrogen-bond donors (Lipinski definition) is 0. The molecule has 0 aliphatic heterocycles. The van der Waals surface area contributed by atoms with Crippen LogP contribution in [0.1, 0.15) is 120 Å². The summed E-state index contributed by atoms with van der Waals surface area (Å²) in [6, 6.07) is 0. The van der Waals surface area contributed by atoms with E-state index in [-0.39, 0.29) is 17.5 Å². The minimum Gasteiger partial charge on any atom is -0.462 e. The lowest BCUT2D eigenvalue weighted by Gasteiger charge is -2.62. The number of rotatable bonds is 6. The highest BCUT2D eigenvalue weighted by Crippen LogP contribution is 2.69. The average molecular weight is 457 g/mol. The molecule has 4 aliphatic carbocycles. The first-order chi connectivity index (χ1) is 15.4. The van der Waals surface area contributed by atoms with Crippen molar-refractivity contribution in [3.63, 3.8) is 0 Å². The van der Waals surface area contributed by atoms with E-state index in [1.165, 1.54) is 57.8 Å². The molecule has 188 valence electrons. The SMILES string of the molecule is CC(=O)OC1CCC2(C)C3CCC4(C)C(CCC4C(C)CCCC(C)C)C3=CCC2C1(C)C. The van der Waals surface area contributed by atoms with Gasteiger partial charge in [0.15, 0.2) is 0 Å². The Morgan fingerprint density at radius 1 is 0.970 bits per heavy atom. The Labute approximate surface area is 204 Å². The Morgan fingerprint density at radius 2 is 1.64 bits per heavy atom. The van der Waals surface area contributed by atoms with Crippen LogP contribution >= 0.6 is 0 Å². The Kier molecular flexibility index (Phi) is 6.91. The highest BCUT2D eigenvalue weighted by Gasteiger charge is 2.61. The van der Waals surface area contributed by atoms with Crippen LogP contribution in [0.4, 0.5) is 0 Å². The van der Waals surface area contributed by atoms with Gasteiger partial charge < -0.3 is 4.74 Å². The number of esters is 1. The van der Waals surface area contributed by atoms with Crippen LogP contribution in [0, 0.1) is 51.8 Å². The van der Waals surface area contributed by atoms with Crippen molar-refractivity contribution in [3.8, 4) is 0 Å². The monoisotopic (exact) mass is 456 g/mol. The third-order valence-corrected chi connectivity index (χ3v) is 11.5. The van der Waals surface area contributed by atoms with Crippen molar-refractivity contribution in [1.82, 2.24) is 0 Å². The van der Waals surface area contributed by atoms with E-state index in [9.17, 15) is 4.79 Å². The lowest BCUT2D eigenvalue weighted by atomic mass is 9.43. The van der Waals surface area contributed by atoms with E-state index in [2.05, 4.69) is 54.5 Å². The topological polar surface area (TPSA) is 26.3 Å². The maximum Gasteiger partial charge on any atom is 0.302 e. The minimum absolute atomic E-state index is 0.0462. The van der Waals surface area contributed by atoms with Gasteiger partial charge in [-0.25, -0.2) is 0 Å². The third kappa shape index (κ3) is 4.24. The molecule has 0 radical (unpaired) electrons. The lowest BCUT2D eigenvalue weighted by Crippen LogP contribution is -2.57. The van der Waals surface area contributed by atoms with Gasteiger partial charge in [0, 0.05) is 12.3 Å². The predicted molar refractivity (Wildman–Crippen MR) is 138 cm³/mol. The summed E-state index contributed by atoms with van der Waals surface area (Å²) in [4.78, 5) is 11.8. The molecule has 8 atom stereocenters. The predicted octanol–water partition coefficient (Wildman–Crippen LogP) is 8.60. The minimum atomic E-state index is -0.114. The van der Waals surface area contributed by atoms with Gasteiger partial charge in [-0.2, -0.15) is 0 Å². The molecule has 33 heavy (non-hydrogen) atoms. The van der Waals surface area contributed by atoms with Crippen molar-refractivity contribution < 1.29 is 9.53 Å². The van der Waals surface area contributed by atoms with E-state index < -0.39 is 0 Å². The van der Waals surface area contributed by atoms with E-state index in [0.717, 1.165) is 36.0 Å². The molecule has 0 amide bonds. The molecule has 0 spiro atoms. The molecule has 4 aliphatic rings. The highest BCUT2D eigenvalue weighted by atomic mass is 16.5. The van der Waals surface area contributed by atoms with E-state index in [1.807, 2.05) is 5.57 Å². The van der Waals surface area contributed by atoms with Crippen LogP contribution in [0.5, 0.6) is 0 Å². The fourth-order valence-electron chi connectivity index (χ4n) is 9.73. The van der Waals surface area contributed by atoms with Crippen molar-refractivity contribution >= 4 is 5.97 Å². The quantitative estimate of drug-likeness (QED) is 0.295. The molecule has 0 bridgehead atoms. The Bertz CT molecular complexity index is 763. The largest absolute Gasteiger partial charge is 0.462 e. The highest BCUT2D eigenvalue weighted by molar-refractivity contribution is 5.66. The zero-order valence-electron chi connectivity index (χ0n) is 23.0. The molecule has 0 heterocycles. The third-order valence-electron chi connectivity index (χ3n) is 11.5. The summed E-state index contributed by atoms with van der Waals surface area (Å²) in [6.45, 7) is 18.9. The van der Waals surface area contributed by atoms with E-state index >= 15 is 0 Å². The molecular weight excluding hydrogens is 404 g/mol. The van der Waals surface area contributed by atoms with Crippen LogP contribution in [-0.2, 0) is 9.53 Å². The van der Waals surface area contributed by atoms with Gasteiger partial charge >= 0.3 is 5.97 Å². The van der Waals surface area contributed by atoms with Gasteiger partial charge in [0.2, 0.25) is 0 Å². The summed E-state index contributed by atoms with van der Waals surface area (Å²) in [5.74, 6) is 4.63. The Hall–Kier alpha value is -0.790. The first kappa shape index (κ1) is 25.3. The Balaban J connectivity index is 1.54. The first-order valence-corrected chi connectivity index (χ1v) is 14.3. The summed E-state index contributed by atoms with van der Waals surface area (Å²) in [6.07, 6.45) is 16.0. The van der Waals surface area contributed by atoms with Gasteiger partial charge in [-0.1, -0.05) is 79.4 Å².